The number of hydrogen-bond acceptors (Lipinski definition) is 4. The molecule has 0 fully saturated rings. The topological polar surface area (TPSA) is 84.3 Å². The third kappa shape index (κ3) is 5.31. The number of nitrogens with one attached hydrogen (secondary N) is 1. The van der Waals surface area contributed by atoms with Gasteiger partial charge in [-0.3, -0.25) is 4.79 Å². The van der Waals surface area contributed by atoms with Crippen LogP contribution in [0.4, 0.5) is 5.69 Å². The fourth-order valence-electron chi connectivity index (χ4n) is 3.45. The summed E-state index contributed by atoms with van der Waals surface area (Å²) < 4.78 is 28.3. The second-order valence-corrected chi connectivity index (χ2v) is 10.6. The van der Waals surface area contributed by atoms with Gasteiger partial charge in [-0.25, -0.2) is 17.7 Å². The molecule has 0 aliphatic rings. The van der Waals surface area contributed by atoms with Gasteiger partial charge in [-0.05, 0) is 49.2 Å². The van der Waals surface area contributed by atoms with E-state index in [9.17, 15) is 13.2 Å². The standard InChI is InChI=1S/C23H29ClN4O3S/c1-5-6-13-28-21-10-9-18(32(30,31)27(3)4)15-20(21)25-22(28)11-12-23(29)26-19-14-17(24)8-7-16(19)2/h7-10,14-15H,5-6,11-13H2,1-4H3,(H,26,29). The van der Waals surface area contributed by atoms with Crippen LogP contribution in [0.1, 0.15) is 37.6 Å². The van der Waals surface area contributed by atoms with Gasteiger partial charge in [-0.2, -0.15) is 0 Å². The van der Waals surface area contributed by atoms with Crippen LogP contribution < -0.4 is 5.32 Å². The first-order valence-corrected chi connectivity index (χ1v) is 12.4. The van der Waals surface area contributed by atoms with Gasteiger partial charge in [0.1, 0.15) is 5.82 Å². The van der Waals surface area contributed by atoms with E-state index in [1.807, 2.05) is 13.0 Å². The number of benzene rings is 2. The highest BCUT2D eigenvalue weighted by Gasteiger charge is 2.20. The molecule has 3 rings (SSSR count). The van der Waals surface area contributed by atoms with E-state index in [1.165, 1.54) is 18.4 Å². The van der Waals surface area contributed by atoms with Crippen LogP contribution in [0, 0.1) is 6.92 Å². The molecule has 0 spiro atoms. The molecule has 2 aromatic carbocycles. The largest absolute Gasteiger partial charge is 0.328 e. The van der Waals surface area contributed by atoms with Crippen LogP contribution in [0.15, 0.2) is 41.3 Å². The lowest BCUT2D eigenvalue weighted by molar-refractivity contribution is -0.116. The molecule has 32 heavy (non-hydrogen) atoms. The summed E-state index contributed by atoms with van der Waals surface area (Å²) in [5.74, 6) is 0.645. The van der Waals surface area contributed by atoms with Crippen molar-refractivity contribution in [3.8, 4) is 0 Å². The van der Waals surface area contributed by atoms with Crippen molar-refractivity contribution in [3.63, 3.8) is 0 Å². The fraction of sp³-hybridized carbons (Fsp3) is 0.391. The van der Waals surface area contributed by atoms with Gasteiger partial charge >= 0.3 is 0 Å². The van der Waals surface area contributed by atoms with Gasteiger partial charge < -0.3 is 9.88 Å². The molecule has 0 bridgehead atoms. The van der Waals surface area contributed by atoms with E-state index in [0.717, 1.165) is 36.3 Å². The van der Waals surface area contributed by atoms with Crippen molar-refractivity contribution in [1.29, 1.82) is 0 Å². The zero-order valence-corrected chi connectivity index (χ0v) is 20.4. The molecule has 7 nitrogen and oxygen atoms in total. The van der Waals surface area contributed by atoms with Gasteiger partial charge in [0.15, 0.2) is 0 Å². The first kappa shape index (κ1) is 24.2. The van der Waals surface area contributed by atoms with Crippen LogP contribution >= 0.6 is 11.6 Å². The summed E-state index contributed by atoms with van der Waals surface area (Å²) in [6.07, 6.45) is 2.68. The van der Waals surface area contributed by atoms with E-state index in [-0.39, 0.29) is 17.2 Å². The third-order valence-corrected chi connectivity index (χ3v) is 7.41. The van der Waals surface area contributed by atoms with Crippen molar-refractivity contribution in [3.05, 3.63) is 52.8 Å². The number of unbranched alkanes of at least 4 members (excludes halogenated alkanes) is 1. The van der Waals surface area contributed by atoms with Crippen LogP contribution in [0.3, 0.4) is 0 Å². The minimum Gasteiger partial charge on any atom is -0.328 e. The van der Waals surface area contributed by atoms with E-state index >= 15 is 0 Å². The molecule has 3 aromatic rings. The van der Waals surface area contributed by atoms with E-state index in [0.29, 0.717) is 22.6 Å². The van der Waals surface area contributed by atoms with Crippen LogP contribution in [0.5, 0.6) is 0 Å². The molecule has 0 unspecified atom stereocenters. The zero-order chi connectivity index (χ0) is 23.5. The molecule has 0 saturated heterocycles. The maximum Gasteiger partial charge on any atom is 0.242 e. The number of anilines is 1. The van der Waals surface area contributed by atoms with Crippen molar-refractivity contribution >= 4 is 44.3 Å². The van der Waals surface area contributed by atoms with Crippen molar-refractivity contribution in [1.82, 2.24) is 13.9 Å². The molecular formula is C23H29ClN4O3S. The Morgan fingerprint density at radius 3 is 2.62 bits per heavy atom. The number of aryl methyl sites for hydroxylation is 3. The monoisotopic (exact) mass is 476 g/mol. The SMILES string of the molecule is CCCCn1c(CCC(=O)Nc2cc(Cl)ccc2C)nc2cc(S(=O)(=O)N(C)C)ccc21. The Balaban J connectivity index is 1.85. The number of nitrogens with zero attached hydrogens (tertiary/aromatic N) is 3. The van der Waals surface area contributed by atoms with Crippen molar-refractivity contribution in [2.75, 3.05) is 19.4 Å². The summed E-state index contributed by atoms with van der Waals surface area (Å²) in [4.78, 5) is 17.5. The Morgan fingerprint density at radius 1 is 1.19 bits per heavy atom. The Bertz CT molecular complexity index is 1240. The van der Waals surface area contributed by atoms with E-state index in [1.54, 1.807) is 30.3 Å². The molecule has 0 radical (unpaired) electrons. The van der Waals surface area contributed by atoms with Crippen molar-refractivity contribution in [2.45, 2.75) is 51.0 Å². The minimum atomic E-state index is -3.55. The normalized spacial score (nSPS) is 11.9. The second-order valence-electron chi connectivity index (χ2n) is 7.98. The fourth-order valence-corrected chi connectivity index (χ4v) is 4.55. The maximum atomic E-state index is 12.6. The first-order valence-electron chi connectivity index (χ1n) is 10.6. The van der Waals surface area contributed by atoms with E-state index in [4.69, 9.17) is 11.6 Å². The predicted octanol–water partition coefficient (Wildman–Crippen LogP) is 4.62. The number of rotatable bonds is 9. The number of fused-ring (bicyclic) bond motifs is 1. The number of amides is 1. The summed E-state index contributed by atoms with van der Waals surface area (Å²) in [5, 5.41) is 3.48. The highest BCUT2D eigenvalue weighted by atomic mass is 35.5. The van der Waals surface area contributed by atoms with Gasteiger partial charge in [-0.1, -0.05) is 31.0 Å². The first-order chi connectivity index (χ1) is 15.1. The van der Waals surface area contributed by atoms with E-state index in [2.05, 4.69) is 21.8 Å². The van der Waals surface area contributed by atoms with Gasteiger partial charge in [0.2, 0.25) is 15.9 Å². The molecule has 1 amide bonds. The van der Waals surface area contributed by atoms with Gasteiger partial charge in [0.05, 0.1) is 15.9 Å². The maximum absolute atomic E-state index is 12.6. The molecule has 0 aliphatic heterocycles. The summed E-state index contributed by atoms with van der Waals surface area (Å²) in [5.41, 5.74) is 3.12. The molecule has 0 saturated carbocycles. The second kappa shape index (κ2) is 10.0. The predicted molar refractivity (Wildman–Crippen MR) is 129 cm³/mol. The molecule has 172 valence electrons. The highest BCUT2D eigenvalue weighted by molar-refractivity contribution is 7.89. The van der Waals surface area contributed by atoms with Crippen molar-refractivity contribution < 1.29 is 13.2 Å². The number of imidazole rings is 1. The van der Waals surface area contributed by atoms with Crippen LogP contribution in [0.25, 0.3) is 11.0 Å². The average Bonchev–Trinajstić information content (AvgIpc) is 3.09. The molecule has 9 heteroatoms. The van der Waals surface area contributed by atoms with Crippen LogP contribution in [-0.4, -0.2) is 42.3 Å². The smallest absolute Gasteiger partial charge is 0.242 e. The highest BCUT2D eigenvalue weighted by Crippen LogP contribution is 2.24. The van der Waals surface area contributed by atoms with Gasteiger partial charge in [-0.15, -0.1) is 0 Å². The Labute approximate surface area is 194 Å². The molecule has 1 aromatic heterocycles. The van der Waals surface area contributed by atoms with Gasteiger partial charge in [0, 0.05) is 44.2 Å². The number of carbonyl (C=O) groups excluding carboxylic acids is 1. The Hall–Kier alpha value is -2.42. The zero-order valence-electron chi connectivity index (χ0n) is 18.9. The Kier molecular flexibility index (Phi) is 7.59. The lowest BCUT2D eigenvalue weighted by atomic mass is 10.2. The number of sulfonamides is 1. The molecular weight excluding hydrogens is 448 g/mol. The number of hydrogen-bond donors (Lipinski definition) is 1. The quantitative estimate of drug-likeness (QED) is 0.488. The van der Waals surface area contributed by atoms with Crippen molar-refractivity contribution in [2.24, 2.45) is 0 Å². The van der Waals surface area contributed by atoms with Gasteiger partial charge in [0.25, 0.3) is 0 Å². The number of carbonyl (C=O) groups is 1. The third-order valence-electron chi connectivity index (χ3n) is 5.36. The molecule has 1 heterocycles. The minimum absolute atomic E-state index is 0.125. The lowest BCUT2D eigenvalue weighted by Gasteiger charge is -2.12. The molecule has 0 atom stereocenters. The Morgan fingerprint density at radius 2 is 1.94 bits per heavy atom. The molecule has 0 aliphatic carbocycles. The molecule has 1 N–H and O–H groups in total. The average molecular weight is 477 g/mol. The number of aromatic nitrogens is 2. The summed E-state index contributed by atoms with van der Waals surface area (Å²) in [6, 6.07) is 10.4. The summed E-state index contributed by atoms with van der Waals surface area (Å²) in [7, 11) is -0.538. The number of halogens is 1. The lowest BCUT2D eigenvalue weighted by Crippen LogP contribution is -2.22. The van der Waals surface area contributed by atoms with Crippen LogP contribution in [0.2, 0.25) is 5.02 Å². The summed E-state index contributed by atoms with van der Waals surface area (Å²) >= 11 is 6.04. The summed E-state index contributed by atoms with van der Waals surface area (Å²) in [6.45, 7) is 4.79. The van der Waals surface area contributed by atoms with Crippen LogP contribution in [-0.2, 0) is 27.8 Å². The van der Waals surface area contributed by atoms with E-state index < -0.39 is 10.0 Å².